The van der Waals surface area contributed by atoms with Crippen LogP contribution in [0.15, 0.2) is 17.4 Å². The summed E-state index contributed by atoms with van der Waals surface area (Å²) in [5, 5.41) is -0.572. The molecular weight excluding hydrogens is 331 g/mol. The molecule has 1 aromatic rings. The Bertz CT molecular complexity index is 548. The van der Waals surface area contributed by atoms with Gasteiger partial charge >= 0.3 is 6.18 Å². The number of ether oxygens (including phenoxy) is 1. The van der Waals surface area contributed by atoms with E-state index < -0.39 is 17.1 Å². The molecule has 0 aliphatic carbocycles. The Morgan fingerprint density at radius 2 is 2.00 bits per heavy atom. The lowest BCUT2D eigenvalue weighted by Crippen LogP contribution is -2.46. The lowest BCUT2D eigenvalue weighted by atomic mass is 10.1. The molecule has 1 unspecified atom stereocenters. The van der Waals surface area contributed by atoms with E-state index in [1.54, 1.807) is 4.90 Å². The second-order valence-corrected chi connectivity index (χ2v) is 6.55. The molecule has 128 valence electrons. The molecule has 5 nitrogen and oxygen atoms in total. The molecule has 2 heterocycles. The molecule has 1 amide bonds. The van der Waals surface area contributed by atoms with Crippen LogP contribution in [0, 0.1) is 5.92 Å². The first-order valence-electron chi connectivity index (χ1n) is 7.22. The summed E-state index contributed by atoms with van der Waals surface area (Å²) in [6.07, 6.45) is -3.46. The first kappa shape index (κ1) is 18.0. The molecule has 1 fully saturated rings. The average molecular weight is 349 g/mol. The van der Waals surface area contributed by atoms with Crippen molar-refractivity contribution in [3.63, 3.8) is 0 Å². The third kappa shape index (κ3) is 4.81. The maximum absolute atomic E-state index is 12.7. The van der Waals surface area contributed by atoms with E-state index in [1.807, 2.05) is 13.8 Å². The normalized spacial score (nSPS) is 17.4. The smallest absolute Gasteiger partial charge is 0.378 e. The molecular formula is C14H18F3N3O2S. The fourth-order valence-electron chi connectivity index (χ4n) is 2.10. The number of carbonyl (C=O) groups is 1. The Morgan fingerprint density at radius 1 is 1.35 bits per heavy atom. The number of morpholine rings is 1. The maximum Gasteiger partial charge on any atom is 0.433 e. The van der Waals surface area contributed by atoms with E-state index in [4.69, 9.17) is 4.74 Å². The topological polar surface area (TPSA) is 55.3 Å². The summed E-state index contributed by atoms with van der Waals surface area (Å²) >= 11 is 0.975. The number of amides is 1. The van der Waals surface area contributed by atoms with Crippen LogP contribution in [-0.4, -0.2) is 52.3 Å². The van der Waals surface area contributed by atoms with Crippen LogP contribution >= 0.6 is 11.8 Å². The molecule has 1 aromatic heterocycles. The zero-order valence-electron chi connectivity index (χ0n) is 12.8. The summed E-state index contributed by atoms with van der Waals surface area (Å²) in [4.78, 5) is 21.7. The van der Waals surface area contributed by atoms with Crippen molar-refractivity contribution < 1.29 is 22.7 Å². The Kier molecular flexibility index (Phi) is 5.85. The monoisotopic (exact) mass is 349 g/mol. The number of rotatable bonds is 4. The van der Waals surface area contributed by atoms with E-state index in [0.717, 1.165) is 24.0 Å². The molecule has 0 aromatic carbocycles. The van der Waals surface area contributed by atoms with Gasteiger partial charge in [0, 0.05) is 19.3 Å². The van der Waals surface area contributed by atoms with Crippen molar-refractivity contribution in [2.24, 2.45) is 5.92 Å². The minimum Gasteiger partial charge on any atom is -0.378 e. The second-order valence-electron chi connectivity index (χ2n) is 5.44. The summed E-state index contributed by atoms with van der Waals surface area (Å²) in [5.41, 5.74) is -1.00. The van der Waals surface area contributed by atoms with Gasteiger partial charge in [0.2, 0.25) is 5.91 Å². The minimum atomic E-state index is -4.53. The van der Waals surface area contributed by atoms with Crippen molar-refractivity contribution in [3.8, 4) is 0 Å². The summed E-state index contributed by atoms with van der Waals surface area (Å²) in [5.74, 6) is -0.178. The number of thioether (sulfide) groups is 1. The standard InChI is InChI=1S/C14H18F3N3O2S/c1-9(2)11(12(21)20-5-7-22-8-6-20)23-13-18-4-3-10(19-13)14(15,16)17/h3-4,9,11H,5-8H2,1-2H3. The number of hydrogen-bond acceptors (Lipinski definition) is 5. The van der Waals surface area contributed by atoms with Gasteiger partial charge < -0.3 is 9.64 Å². The Morgan fingerprint density at radius 3 is 2.57 bits per heavy atom. The summed E-state index contributed by atoms with van der Waals surface area (Å²) < 4.78 is 43.4. The van der Waals surface area contributed by atoms with Gasteiger partial charge in [-0.25, -0.2) is 9.97 Å². The molecule has 1 aliphatic rings. The van der Waals surface area contributed by atoms with Gasteiger partial charge in [0.1, 0.15) is 5.69 Å². The van der Waals surface area contributed by atoms with E-state index in [0.29, 0.717) is 26.3 Å². The zero-order valence-corrected chi connectivity index (χ0v) is 13.7. The van der Waals surface area contributed by atoms with Crippen LogP contribution in [0.25, 0.3) is 0 Å². The van der Waals surface area contributed by atoms with Crippen LogP contribution in [0.2, 0.25) is 0 Å². The first-order chi connectivity index (χ1) is 10.8. The quantitative estimate of drug-likeness (QED) is 0.617. The molecule has 0 bridgehead atoms. The van der Waals surface area contributed by atoms with Crippen molar-refractivity contribution in [2.75, 3.05) is 26.3 Å². The maximum atomic E-state index is 12.7. The van der Waals surface area contributed by atoms with E-state index >= 15 is 0 Å². The van der Waals surface area contributed by atoms with Gasteiger partial charge in [-0.3, -0.25) is 4.79 Å². The van der Waals surface area contributed by atoms with E-state index in [2.05, 4.69) is 9.97 Å². The molecule has 2 rings (SSSR count). The average Bonchev–Trinajstić information content (AvgIpc) is 2.52. The Hall–Kier alpha value is -1.35. The van der Waals surface area contributed by atoms with Crippen molar-refractivity contribution >= 4 is 17.7 Å². The van der Waals surface area contributed by atoms with Crippen molar-refractivity contribution in [1.82, 2.24) is 14.9 Å². The number of halogens is 3. The number of aromatic nitrogens is 2. The molecule has 0 radical (unpaired) electrons. The molecule has 0 spiro atoms. The predicted molar refractivity (Wildman–Crippen MR) is 78.9 cm³/mol. The van der Waals surface area contributed by atoms with Gasteiger partial charge in [-0.2, -0.15) is 13.2 Å². The molecule has 0 saturated carbocycles. The Labute approximate surface area is 136 Å². The lowest BCUT2D eigenvalue weighted by molar-refractivity contribution is -0.141. The third-order valence-electron chi connectivity index (χ3n) is 3.33. The van der Waals surface area contributed by atoms with E-state index in [1.165, 1.54) is 0 Å². The van der Waals surface area contributed by atoms with Crippen molar-refractivity contribution in [3.05, 3.63) is 18.0 Å². The van der Waals surface area contributed by atoms with Crippen LogP contribution in [0.1, 0.15) is 19.5 Å². The molecule has 9 heteroatoms. The molecule has 1 aliphatic heterocycles. The first-order valence-corrected chi connectivity index (χ1v) is 8.10. The highest BCUT2D eigenvalue weighted by molar-refractivity contribution is 8.00. The van der Waals surface area contributed by atoms with Crippen LogP contribution < -0.4 is 0 Å². The summed E-state index contributed by atoms with van der Waals surface area (Å²) in [7, 11) is 0. The fourth-order valence-corrected chi connectivity index (χ4v) is 3.13. The number of carbonyl (C=O) groups excluding carboxylic acids is 1. The molecule has 0 N–H and O–H groups in total. The summed E-state index contributed by atoms with van der Waals surface area (Å²) in [6, 6.07) is 0.818. The summed E-state index contributed by atoms with van der Waals surface area (Å²) in [6.45, 7) is 5.63. The SMILES string of the molecule is CC(C)C(Sc1nccc(C(F)(F)F)n1)C(=O)N1CCOCC1. The highest BCUT2D eigenvalue weighted by atomic mass is 32.2. The zero-order chi connectivity index (χ0) is 17.0. The minimum absolute atomic E-state index is 0.0415. The lowest BCUT2D eigenvalue weighted by Gasteiger charge is -2.31. The van der Waals surface area contributed by atoms with Crippen LogP contribution in [0.3, 0.4) is 0 Å². The Balaban J connectivity index is 2.14. The fraction of sp³-hybridized carbons (Fsp3) is 0.643. The molecule has 1 atom stereocenters. The van der Waals surface area contributed by atoms with E-state index in [-0.39, 0.29) is 17.0 Å². The molecule has 1 saturated heterocycles. The number of hydrogen-bond donors (Lipinski definition) is 0. The number of alkyl halides is 3. The van der Waals surface area contributed by atoms with Gasteiger partial charge in [-0.1, -0.05) is 25.6 Å². The number of nitrogens with zero attached hydrogens (tertiary/aromatic N) is 3. The van der Waals surface area contributed by atoms with Gasteiger partial charge in [0.25, 0.3) is 0 Å². The largest absolute Gasteiger partial charge is 0.433 e. The van der Waals surface area contributed by atoms with Crippen LogP contribution in [-0.2, 0) is 15.7 Å². The highest BCUT2D eigenvalue weighted by Gasteiger charge is 2.34. The van der Waals surface area contributed by atoms with Gasteiger partial charge in [-0.15, -0.1) is 0 Å². The third-order valence-corrected chi connectivity index (χ3v) is 4.74. The second kappa shape index (κ2) is 7.48. The van der Waals surface area contributed by atoms with Gasteiger partial charge in [0.05, 0.1) is 18.5 Å². The van der Waals surface area contributed by atoms with Crippen molar-refractivity contribution in [1.29, 1.82) is 0 Å². The predicted octanol–water partition coefficient (Wildman–Crippen LogP) is 2.47. The van der Waals surface area contributed by atoms with E-state index in [9.17, 15) is 18.0 Å². The molecule has 23 heavy (non-hydrogen) atoms. The van der Waals surface area contributed by atoms with Crippen LogP contribution in [0.5, 0.6) is 0 Å². The van der Waals surface area contributed by atoms with Gasteiger partial charge in [-0.05, 0) is 12.0 Å². The van der Waals surface area contributed by atoms with Gasteiger partial charge in [0.15, 0.2) is 5.16 Å². The van der Waals surface area contributed by atoms with Crippen LogP contribution in [0.4, 0.5) is 13.2 Å². The van der Waals surface area contributed by atoms with Crippen molar-refractivity contribution in [2.45, 2.75) is 30.4 Å². The highest BCUT2D eigenvalue weighted by Crippen LogP contribution is 2.31.